The van der Waals surface area contributed by atoms with Crippen molar-refractivity contribution in [3.63, 3.8) is 0 Å². The molecule has 0 aliphatic rings. The van der Waals surface area contributed by atoms with Gasteiger partial charge in [0.05, 0.1) is 0 Å². The SMILES string of the molecule is Oc1ccc(I)c(-c2ccccc2)c1. The maximum Gasteiger partial charge on any atom is 0.116 e. The molecular weight excluding hydrogens is 287 g/mol. The third kappa shape index (κ3) is 1.90. The smallest absolute Gasteiger partial charge is 0.116 e. The summed E-state index contributed by atoms with van der Waals surface area (Å²) in [6, 6.07) is 15.5. The van der Waals surface area contributed by atoms with Gasteiger partial charge in [-0.3, -0.25) is 0 Å². The van der Waals surface area contributed by atoms with Crippen molar-refractivity contribution in [2.45, 2.75) is 0 Å². The van der Waals surface area contributed by atoms with E-state index in [1.165, 1.54) is 0 Å². The van der Waals surface area contributed by atoms with Crippen molar-refractivity contribution in [1.29, 1.82) is 0 Å². The van der Waals surface area contributed by atoms with E-state index in [4.69, 9.17) is 0 Å². The molecule has 0 saturated heterocycles. The minimum atomic E-state index is 0.310. The lowest BCUT2D eigenvalue weighted by molar-refractivity contribution is 0.475. The molecule has 14 heavy (non-hydrogen) atoms. The lowest BCUT2D eigenvalue weighted by atomic mass is 10.1. The predicted octanol–water partition coefficient (Wildman–Crippen LogP) is 3.66. The van der Waals surface area contributed by atoms with E-state index in [9.17, 15) is 5.11 Å². The first-order valence-electron chi connectivity index (χ1n) is 4.31. The molecule has 1 N–H and O–H groups in total. The highest BCUT2D eigenvalue weighted by molar-refractivity contribution is 14.1. The number of phenols is 1. The minimum Gasteiger partial charge on any atom is -0.508 e. The zero-order chi connectivity index (χ0) is 9.97. The topological polar surface area (TPSA) is 20.2 Å². The van der Waals surface area contributed by atoms with Crippen molar-refractivity contribution in [2.75, 3.05) is 0 Å². The van der Waals surface area contributed by atoms with E-state index >= 15 is 0 Å². The standard InChI is InChI=1S/C12H9IO/c13-12-7-6-10(14)8-11(12)9-4-2-1-3-5-9/h1-8,14H. The summed E-state index contributed by atoms with van der Waals surface area (Å²) < 4.78 is 1.15. The van der Waals surface area contributed by atoms with Gasteiger partial charge in [0.25, 0.3) is 0 Å². The Labute approximate surface area is 96.5 Å². The van der Waals surface area contributed by atoms with Gasteiger partial charge in [-0.05, 0) is 51.9 Å². The van der Waals surface area contributed by atoms with Crippen LogP contribution in [0.5, 0.6) is 5.75 Å². The Kier molecular flexibility index (Phi) is 2.72. The summed E-state index contributed by atoms with van der Waals surface area (Å²) in [4.78, 5) is 0. The molecular formula is C12H9IO. The minimum absolute atomic E-state index is 0.310. The van der Waals surface area contributed by atoms with Crippen LogP contribution in [-0.2, 0) is 0 Å². The highest BCUT2D eigenvalue weighted by atomic mass is 127. The predicted molar refractivity (Wildman–Crippen MR) is 66.3 cm³/mol. The van der Waals surface area contributed by atoms with Crippen LogP contribution in [0.15, 0.2) is 48.5 Å². The van der Waals surface area contributed by atoms with Gasteiger partial charge in [-0.15, -0.1) is 0 Å². The van der Waals surface area contributed by atoms with Crippen LogP contribution in [0.2, 0.25) is 0 Å². The molecule has 2 heteroatoms. The molecule has 0 fully saturated rings. The Morgan fingerprint density at radius 2 is 1.64 bits per heavy atom. The second-order valence-corrected chi connectivity index (χ2v) is 4.19. The van der Waals surface area contributed by atoms with Crippen LogP contribution in [0.4, 0.5) is 0 Å². The van der Waals surface area contributed by atoms with Crippen LogP contribution in [0.25, 0.3) is 11.1 Å². The Morgan fingerprint density at radius 1 is 0.929 bits per heavy atom. The summed E-state index contributed by atoms with van der Waals surface area (Å²) in [7, 11) is 0. The van der Waals surface area contributed by atoms with Crippen molar-refractivity contribution in [3.05, 3.63) is 52.1 Å². The van der Waals surface area contributed by atoms with Gasteiger partial charge in [0.15, 0.2) is 0 Å². The lowest BCUT2D eigenvalue weighted by Crippen LogP contribution is -1.81. The Balaban J connectivity index is 2.57. The normalized spacial score (nSPS) is 10.1. The fourth-order valence-corrected chi connectivity index (χ4v) is 2.00. The molecule has 0 atom stereocenters. The van der Waals surface area contributed by atoms with Gasteiger partial charge in [0.1, 0.15) is 5.75 Å². The van der Waals surface area contributed by atoms with Crippen LogP contribution in [0.1, 0.15) is 0 Å². The largest absolute Gasteiger partial charge is 0.508 e. The number of hydrogen-bond acceptors (Lipinski definition) is 1. The van der Waals surface area contributed by atoms with E-state index in [1.807, 2.05) is 36.4 Å². The summed E-state index contributed by atoms with van der Waals surface area (Å²) in [5.41, 5.74) is 2.21. The number of phenolic OH excluding ortho intramolecular Hbond substituents is 1. The number of aromatic hydroxyl groups is 1. The fraction of sp³-hybridized carbons (Fsp3) is 0. The third-order valence-corrected chi connectivity index (χ3v) is 2.98. The first-order valence-corrected chi connectivity index (χ1v) is 5.39. The molecule has 2 rings (SSSR count). The van der Waals surface area contributed by atoms with Gasteiger partial charge in [0.2, 0.25) is 0 Å². The molecule has 0 aromatic heterocycles. The lowest BCUT2D eigenvalue weighted by Gasteiger charge is -2.04. The van der Waals surface area contributed by atoms with Gasteiger partial charge in [-0.1, -0.05) is 30.3 Å². The Hall–Kier alpha value is -1.03. The van der Waals surface area contributed by atoms with Crippen molar-refractivity contribution < 1.29 is 5.11 Å². The molecule has 0 saturated carbocycles. The number of benzene rings is 2. The second kappa shape index (κ2) is 4.00. The van der Waals surface area contributed by atoms with Gasteiger partial charge in [-0.25, -0.2) is 0 Å². The van der Waals surface area contributed by atoms with Gasteiger partial charge in [-0.2, -0.15) is 0 Å². The zero-order valence-corrected chi connectivity index (χ0v) is 9.60. The van der Waals surface area contributed by atoms with E-state index in [1.54, 1.807) is 12.1 Å². The molecule has 0 aliphatic carbocycles. The maximum atomic E-state index is 9.40. The van der Waals surface area contributed by atoms with Crippen molar-refractivity contribution in [2.24, 2.45) is 0 Å². The van der Waals surface area contributed by atoms with E-state index in [2.05, 4.69) is 22.6 Å². The van der Waals surface area contributed by atoms with Crippen LogP contribution >= 0.6 is 22.6 Å². The van der Waals surface area contributed by atoms with E-state index in [-0.39, 0.29) is 0 Å². The number of halogens is 1. The quantitative estimate of drug-likeness (QED) is 0.796. The van der Waals surface area contributed by atoms with Crippen molar-refractivity contribution in [3.8, 4) is 16.9 Å². The van der Waals surface area contributed by atoms with Crippen LogP contribution in [-0.4, -0.2) is 5.11 Å². The average molecular weight is 296 g/mol. The molecule has 0 spiro atoms. The second-order valence-electron chi connectivity index (χ2n) is 3.03. The zero-order valence-electron chi connectivity index (χ0n) is 7.44. The van der Waals surface area contributed by atoms with Gasteiger partial charge < -0.3 is 5.11 Å². The number of rotatable bonds is 1. The van der Waals surface area contributed by atoms with Crippen LogP contribution in [0.3, 0.4) is 0 Å². The van der Waals surface area contributed by atoms with E-state index in [0.29, 0.717) is 5.75 Å². The third-order valence-electron chi connectivity index (χ3n) is 2.03. The molecule has 1 nitrogen and oxygen atoms in total. The van der Waals surface area contributed by atoms with Gasteiger partial charge >= 0.3 is 0 Å². The molecule has 0 heterocycles. The molecule has 2 aromatic rings. The average Bonchev–Trinajstić information content (AvgIpc) is 2.23. The van der Waals surface area contributed by atoms with Gasteiger partial charge in [0, 0.05) is 3.57 Å². The highest BCUT2D eigenvalue weighted by Crippen LogP contribution is 2.28. The summed E-state index contributed by atoms with van der Waals surface area (Å²) in [6.07, 6.45) is 0. The molecule has 70 valence electrons. The molecule has 0 unspecified atom stereocenters. The first kappa shape index (κ1) is 9.52. The summed E-state index contributed by atoms with van der Waals surface area (Å²) >= 11 is 2.27. The highest BCUT2D eigenvalue weighted by Gasteiger charge is 2.02. The Morgan fingerprint density at radius 3 is 2.36 bits per heavy atom. The van der Waals surface area contributed by atoms with Crippen LogP contribution < -0.4 is 0 Å². The van der Waals surface area contributed by atoms with E-state index in [0.717, 1.165) is 14.7 Å². The molecule has 0 radical (unpaired) electrons. The summed E-state index contributed by atoms with van der Waals surface area (Å²) in [6.45, 7) is 0. The van der Waals surface area contributed by atoms with Crippen molar-refractivity contribution >= 4 is 22.6 Å². The maximum absolute atomic E-state index is 9.40. The summed E-state index contributed by atoms with van der Waals surface area (Å²) in [5, 5.41) is 9.40. The molecule has 0 amide bonds. The summed E-state index contributed by atoms with van der Waals surface area (Å²) in [5.74, 6) is 0.310. The van der Waals surface area contributed by atoms with Crippen molar-refractivity contribution in [1.82, 2.24) is 0 Å². The Bertz CT molecular complexity index is 437. The fourth-order valence-electron chi connectivity index (χ4n) is 1.35. The van der Waals surface area contributed by atoms with E-state index < -0.39 is 0 Å². The monoisotopic (exact) mass is 296 g/mol. The first-order chi connectivity index (χ1) is 6.77. The number of hydrogen-bond donors (Lipinski definition) is 1. The van der Waals surface area contributed by atoms with Crippen LogP contribution in [0, 0.1) is 3.57 Å². The molecule has 2 aromatic carbocycles. The molecule has 0 bridgehead atoms. The molecule has 0 aliphatic heterocycles.